The summed E-state index contributed by atoms with van der Waals surface area (Å²) in [5.41, 5.74) is 0.846. The molecule has 26 heavy (non-hydrogen) atoms. The molecule has 1 spiro atoms. The topological polar surface area (TPSA) is 73.9 Å². The van der Waals surface area contributed by atoms with Crippen molar-refractivity contribution in [2.24, 2.45) is 0 Å². The van der Waals surface area contributed by atoms with Crippen molar-refractivity contribution in [3.63, 3.8) is 0 Å². The number of benzene rings is 1. The number of esters is 1. The van der Waals surface area contributed by atoms with E-state index in [1.165, 1.54) is 6.92 Å². The van der Waals surface area contributed by atoms with Gasteiger partial charge in [-0.05, 0) is 37.4 Å². The van der Waals surface area contributed by atoms with Crippen LogP contribution >= 0.6 is 12.4 Å². The van der Waals surface area contributed by atoms with Gasteiger partial charge in [-0.2, -0.15) is 0 Å². The van der Waals surface area contributed by atoms with Gasteiger partial charge in [-0.3, -0.25) is 9.59 Å². The average Bonchev–Trinajstić information content (AvgIpc) is 2.92. The molecule has 2 heterocycles. The van der Waals surface area contributed by atoms with Crippen LogP contribution in [0.2, 0.25) is 0 Å². The monoisotopic (exact) mass is 379 g/mol. The lowest BCUT2D eigenvalue weighted by Crippen LogP contribution is -2.77. The molecule has 0 amide bonds. The lowest BCUT2D eigenvalue weighted by molar-refractivity contribution is -0.197. The first-order chi connectivity index (χ1) is 12.0. The molecule has 0 aromatic heterocycles. The predicted octanol–water partition coefficient (Wildman–Crippen LogP) is 1.70. The summed E-state index contributed by atoms with van der Waals surface area (Å²) < 4.78 is 17.8. The summed E-state index contributed by atoms with van der Waals surface area (Å²) in [7, 11) is 1.61. The van der Waals surface area contributed by atoms with Crippen LogP contribution in [-0.4, -0.2) is 43.2 Å². The molecule has 1 saturated carbocycles. The molecule has 2 bridgehead atoms. The van der Waals surface area contributed by atoms with Gasteiger partial charge >= 0.3 is 5.97 Å². The number of ketones is 1. The highest BCUT2D eigenvalue weighted by molar-refractivity contribution is 5.90. The van der Waals surface area contributed by atoms with Gasteiger partial charge in [-0.25, -0.2) is 0 Å². The molecule has 4 aliphatic rings. The average molecular weight is 380 g/mol. The Labute approximate surface area is 158 Å². The fourth-order valence-corrected chi connectivity index (χ4v) is 5.82. The molecule has 1 aromatic carbocycles. The van der Waals surface area contributed by atoms with Crippen molar-refractivity contribution in [1.29, 1.82) is 0 Å². The van der Waals surface area contributed by atoms with E-state index in [4.69, 9.17) is 14.2 Å². The van der Waals surface area contributed by atoms with E-state index in [0.717, 1.165) is 24.1 Å². The first-order valence-electron chi connectivity index (χ1n) is 8.86. The number of piperidine rings is 1. The van der Waals surface area contributed by atoms with Crippen LogP contribution in [0.4, 0.5) is 0 Å². The molecule has 5 rings (SSSR count). The quantitative estimate of drug-likeness (QED) is 0.788. The summed E-state index contributed by atoms with van der Waals surface area (Å²) >= 11 is 0. The van der Waals surface area contributed by atoms with Crippen LogP contribution in [0.3, 0.4) is 0 Å². The second-order valence-corrected chi connectivity index (χ2v) is 7.51. The summed E-state index contributed by atoms with van der Waals surface area (Å²) in [6.07, 6.45) is 1.77. The van der Waals surface area contributed by atoms with Crippen molar-refractivity contribution in [3.8, 4) is 11.5 Å². The van der Waals surface area contributed by atoms with Gasteiger partial charge in [-0.15, -0.1) is 12.4 Å². The molecule has 2 aliphatic carbocycles. The lowest BCUT2D eigenvalue weighted by Gasteiger charge is -2.61. The van der Waals surface area contributed by atoms with E-state index in [0.29, 0.717) is 30.8 Å². The lowest BCUT2D eigenvalue weighted by atomic mass is 9.49. The second-order valence-electron chi connectivity index (χ2n) is 7.51. The predicted molar refractivity (Wildman–Crippen MR) is 95.2 cm³/mol. The van der Waals surface area contributed by atoms with Gasteiger partial charge in [0.05, 0.1) is 18.6 Å². The summed E-state index contributed by atoms with van der Waals surface area (Å²) in [6, 6.07) is 3.96. The van der Waals surface area contributed by atoms with E-state index in [2.05, 4.69) is 11.4 Å². The zero-order valence-corrected chi connectivity index (χ0v) is 15.6. The molecule has 0 radical (unpaired) electrons. The van der Waals surface area contributed by atoms with Crippen molar-refractivity contribution < 1.29 is 23.8 Å². The fourth-order valence-electron chi connectivity index (χ4n) is 5.82. The Balaban J connectivity index is 0.00000168. The number of carbonyl (C=O) groups is 2. The maximum atomic E-state index is 12.8. The Bertz CT molecular complexity index is 811. The molecular formula is C19H22ClNO5. The fraction of sp³-hybridized carbons (Fsp3) is 0.579. The van der Waals surface area contributed by atoms with Gasteiger partial charge in [0.1, 0.15) is 5.60 Å². The number of methoxy groups -OCH3 is 1. The van der Waals surface area contributed by atoms with Gasteiger partial charge < -0.3 is 19.5 Å². The normalized spacial score (nSPS) is 35.7. The molecule has 1 saturated heterocycles. The Morgan fingerprint density at radius 1 is 1.35 bits per heavy atom. The Hall–Kier alpha value is -1.79. The third kappa shape index (κ3) is 1.81. The first-order valence-corrected chi connectivity index (χ1v) is 8.86. The van der Waals surface area contributed by atoms with Crippen molar-refractivity contribution in [1.82, 2.24) is 5.32 Å². The Kier molecular flexibility index (Phi) is 3.80. The number of halogens is 1. The van der Waals surface area contributed by atoms with Gasteiger partial charge in [0, 0.05) is 18.9 Å². The van der Waals surface area contributed by atoms with E-state index < -0.39 is 17.1 Å². The minimum atomic E-state index is -0.736. The molecule has 2 aliphatic heterocycles. The van der Waals surface area contributed by atoms with E-state index in [1.54, 1.807) is 7.11 Å². The maximum Gasteiger partial charge on any atom is 0.303 e. The minimum Gasteiger partial charge on any atom is -0.493 e. The van der Waals surface area contributed by atoms with E-state index in [-0.39, 0.29) is 30.2 Å². The third-order valence-corrected chi connectivity index (χ3v) is 6.57. The second kappa shape index (κ2) is 5.60. The third-order valence-electron chi connectivity index (χ3n) is 6.57. The molecule has 6 nitrogen and oxygen atoms in total. The van der Waals surface area contributed by atoms with Crippen molar-refractivity contribution in [2.75, 3.05) is 13.7 Å². The number of rotatable bonds is 2. The summed E-state index contributed by atoms with van der Waals surface area (Å²) in [6.45, 7) is 2.22. The van der Waals surface area contributed by atoms with E-state index in [9.17, 15) is 9.59 Å². The Morgan fingerprint density at radius 3 is 2.88 bits per heavy atom. The van der Waals surface area contributed by atoms with Crippen LogP contribution in [0, 0.1) is 0 Å². The van der Waals surface area contributed by atoms with Crippen LogP contribution in [0.15, 0.2) is 12.1 Å². The first kappa shape index (κ1) is 17.6. The number of hydrogen-bond donors (Lipinski definition) is 1. The molecular weight excluding hydrogens is 358 g/mol. The molecule has 1 N–H and O–H groups in total. The zero-order chi connectivity index (χ0) is 17.4. The number of carbonyl (C=O) groups excluding carboxylic acids is 2. The summed E-state index contributed by atoms with van der Waals surface area (Å²) in [5.74, 6) is 1.09. The Morgan fingerprint density at radius 2 is 2.15 bits per heavy atom. The number of nitrogens with one attached hydrogen (secondary N) is 1. The minimum absolute atomic E-state index is 0. The van der Waals surface area contributed by atoms with Gasteiger partial charge in [0.15, 0.2) is 23.4 Å². The van der Waals surface area contributed by atoms with Gasteiger partial charge in [0.25, 0.3) is 0 Å². The van der Waals surface area contributed by atoms with Crippen LogP contribution in [0.25, 0.3) is 0 Å². The van der Waals surface area contributed by atoms with Crippen LogP contribution in [-0.2, 0) is 26.2 Å². The van der Waals surface area contributed by atoms with Crippen molar-refractivity contribution in [3.05, 3.63) is 23.3 Å². The maximum absolute atomic E-state index is 12.8. The van der Waals surface area contributed by atoms with Crippen molar-refractivity contribution in [2.45, 2.75) is 55.8 Å². The van der Waals surface area contributed by atoms with Gasteiger partial charge in [0.2, 0.25) is 0 Å². The number of ether oxygens (including phenoxy) is 3. The smallest absolute Gasteiger partial charge is 0.303 e. The van der Waals surface area contributed by atoms with Crippen molar-refractivity contribution >= 4 is 24.2 Å². The highest BCUT2D eigenvalue weighted by Crippen LogP contribution is 2.64. The standard InChI is InChI=1S/C19H21NO5.ClH/c1-10(21)25-19-6-5-12(22)17-18(19)7-8-20-14(19)9-11-3-4-13(23-2)16(24-17)15(11)18;/h3-4,14,17,20H,5-9H2,1-2H3;1H/t14-,17+,18+,19+;/m1./s1. The van der Waals surface area contributed by atoms with Crippen LogP contribution in [0.5, 0.6) is 11.5 Å². The molecule has 140 valence electrons. The largest absolute Gasteiger partial charge is 0.493 e. The molecule has 1 aromatic rings. The van der Waals surface area contributed by atoms with E-state index in [1.807, 2.05) is 6.07 Å². The molecule has 4 atom stereocenters. The van der Waals surface area contributed by atoms with E-state index >= 15 is 0 Å². The highest BCUT2D eigenvalue weighted by atomic mass is 35.5. The zero-order valence-electron chi connectivity index (χ0n) is 14.8. The van der Waals surface area contributed by atoms with Crippen LogP contribution < -0.4 is 14.8 Å². The molecule has 2 fully saturated rings. The van der Waals surface area contributed by atoms with Crippen LogP contribution in [0.1, 0.15) is 37.3 Å². The highest BCUT2D eigenvalue weighted by Gasteiger charge is 2.74. The molecule has 7 heteroatoms. The summed E-state index contributed by atoms with van der Waals surface area (Å²) in [4.78, 5) is 24.9. The number of hydrogen-bond acceptors (Lipinski definition) is 6. The van der Waals surface area contributed by atoms with Gasteiger partial charge in [-0.1, -0.05) is 6.07 Å². The summed E-state index contributed by atoms with van der Waals surface area (Å²) in [5, 5.41) is 3.54. The SMILES string of the molecule is COc1ccc2c3c1O[C@H]1C(=O)CC[C@]4(OC(C)=O)[C@@H](C2)NCC[C@]314.Cl. The molecule has 0 unspecified atom stereocenters. The number of Topliss-reactive ketones (excluding diaryl/α,β-unsaturated/α-hetero) is 1.